The van der Waals surface area contributed by atoms with Gasteiger partial charge < -0.3 is 0 Å². The SMILES string of the molecule is C=C(P(C)C)P(C)C. The predicted molar refractivity (Wildman–Crippen MR) is 46.7 cm³/mol. The number of rotatable bonds is 2. The van der Waals surface area contributed by atoms with Gasteiger partial charge in [-0.3, -0.25) is 0 Å². The third-order valence-electron chi connectivity index (χ3n) is 1.03. The van der Waals surface area contributed by atoms with Crippen molar-refractivity contribution < 1.29 is 0 Å². The summed E-state index contributed by atoms with van der Waals surface area (Å²) in [5.74, 6) is 0. The molecule has 0 aromatic rings. The van der Waals surface area contributed by atoms with E-state index in [-0.39, 0.29) is 15.8 Å². The molecule has 48 valence electrons. The maximum Gasteiger partial charge on any atom is -0.0307 e. The molecule has 0 saturated heterocycles. The van der Waals surface area contributed by atoms with Crippen LogP contribution in [0.1, 0.15) is 0 Å². The van der Waals surface area contributed by atoms with Gasteiger partial charge in [-0.15, -0.1) is 0 Å². The van der Waals surface area contributed by atoms with Crippen LogP contribution < -0.4 is 0 Å². The van der Waals surface area contributed by atoms with Gasteiger partial charge in [0, 0.05) is 0 Å². The zero-order valence-corrected chi connectivity index (χ0v) is 7.89. The summed E-state index contributed by atoms with van der Waals surface area (Å²) in [7, 11) is 0.266. The first kappa shape index (κ1) is 8.60. The van der Waals surface area contributed by atoms with Crippen molar-refractivity contribution in [3.05, 3.63) is 11.6 Å². The Morgan fingerprint density at radius 1 is 1.00 bits per heavy atom. The van der Waals surface area contributed by atoms with Crippen LogP contribution in [0.2, 0.25) is 0 Å². The Bertz CT molecular complexity index is 74.5. The van der Waals surface area contributed by atoms with Gasteiger partial charge in [0.25, 0.3) is 0 Å². The normalized spacial score (nSPS) is 10.8. The van der Waals surface area contributed by atoms with Crippen LogP contribution >= 0.6 is 15.8 Å². The summed E-state index contributed by atoms with van der Waals surface area (Å²) >= 11 is 0. The fraction of sp³-hybridized carbons (Fsp3) is 0.667. The third kappa shape index (κ3) is 2.80. The van der Waals surface area contributed by atoms with E-state index in [1.165, 1.54) is 5.06 Å². The lowest BCUT2D eigenvalue weighted by Crippen LogP contribution is -1.71. The van der Waals surface area contributed by atoms with Gasteiger partial charge in [0.2, 0.25) is 0 Å². The summed E-state index contributed by atoms with van der Waals surface area (Å²) in [5, 5.41) is 1.48. The van der Waals surface area contributed by atoms with Crippen molar-refractivity contribution in [3.8, 4) is 0 Å². The molecule has 0 aliphatic heterocycles. The summed E-state index contributed by atoms with van der Waals surface area (Å²) < 4.78 is 0. The monoisotopic (exact) mass is 148 g/mol. The minimum atomic E-state index is 0.133. The fourth-order valence-electron chi connectivity index (χ4n) is 0.400. The van der Waals surface area contributed by atoms with Gasteiger partial charge in [-0.05, 0) is 31.7 Å². The molecule has 0 amide bonds. The molecular formula is C6H14P2. The molecule has 0 aliphatic carbocycles. The van der Waals surface area contributed by atoms with E-state index in [1.54, 1.807) is 0 Å². The molecule has 0 aliphatic rings. The predicted octanol–water partition coefficient (Wildman–Crippen LogP) is 2.94. The van der Waals surface area contributed by atoms with Crippen molar-refractivity contribution in [3.63, 3.8) is 0 Å². The maximum atomic E-state index is 4.01. The van der Waals surface area contributed by atoms with E-state index < -0.39 is 0 Å². The first-order valence-electron chi connectivity index (χ1n) is 2.59. The Hall–Kier alpha value is 0.600. The lowest BCUT2D eigenvalue weighted by atomic mass is 11.2. The molecule has 0 unspecified atom stereocenters. The summed E-state index contributed by atoms with van der Waals surface area (Å²) in [6.45, 7) is 13.1. The highest BCUT2D eigenvalue weighted by Crippen LogP contribution is 2.53. The second-order valence-electron chi connectivity index (χ2n) is 2.21. The molecule has 0 spiro atoms. The topological polar surface area (TPSA) is 0 Å². The van der Waals surface area contributed by atoms with E-state index in [0.29, 0.717) is 0 Å². The molecule has 0 rings (SSSR count). The lowest BCUT2D eigenvalue weighted by molar-refractivity contribution is 2.09. The summed E-state index contributed by atoms with van der Waals surface area (Å²) in [4.78, 5) is 0. The molecule has 0 bridgehead atoms. The average Bonchev–Trinajstić information content (AvgIpc) is 1.64. The van der Waals surface area contributed by atoms with Crippen molar-refractivity contribution in [2.75, 3.05) is 26.7 Å². The van der Waals surface area contributed by atoms with Crippen LogP contribution in [-0.4, -0.2) is 26.7 Å². The van der Waals surface area contributed by atoms with Crippen molar-refractivity contribution in [1.29, 1.82) is 0 Å². The van der Waals surface area contributed by atoms with Gasteiger partial charge in [0.05, 0.1) is 0 Å². The highest BCUT2D eigenvalue weighted by atomic mass is 31.2. The van der Waals surface area contributed by atoms with Crippen LogP contribution in [0.3, 0.4) is 0 Å². The molecule has 0 saturated carbocycles. The molecule has 0 aromatic heterocycles. The van der Waals surface area contributed by atoms with Crippen molar-refractivity contribution in [2.24, 2.45) is 0 Å². The molecular weight excluding hydrogens is 134 g/mol. The summed E-state index contributed by atoms with van der Waals surface area (Å²) in [5.41, 5.74) is 0. The fourth-order valence-corrected chi connectivity index (χ4v) is 3.60. The highest BCUT2D eigenvalue weighted by Gasteiger charge is 2.01. The zero-order valence-electron chi connectivity index (χ0n) is 6.10. The number of hydrogen-bond donors (Lipinski definition) is 0. The lowest BCUT2D eigenvalue weighted by Gasteiger charge is -2.12. The van der Waals surface area contributed by atoms with Gasteiger partial charge in [0.15, 0.2) is 0 Å². The smallest absolute Gasteiger partial charge is 0.0307 e. The van der Waals surface area contributed by atoms with Gasteiger partial charge in [-0.2, -0.15) is 0 Å². The van der Waals surface area contributed by atoms with Crippen molar-refractivity contribution in [1.82, 2.24) is 0 Å². The van der Waals surface area contributed by atoms with Crippen LogP contribution in [0, 0.1) is 0 Å². The van der Waals surface area contributed by atoms with E-state index in [2.05, 4.69) is 33.2 Å². The Morgan fingerprint density at radius 2 is 1.25 bits per heavy atom. The molecule has 8 heavy (non-hydrogen) atoms. The van der Waals surface area contributed by atoms with E-state index in [4.69, 9.17) is 0 Å². The summed E-state index contributed by atoms with van der Waals surface area (Å²) in [6.07, 6.45) is 0. The Labute approximate surface area is 54.9 Å². The Morgan fingerprint density at radius 3 is 1.25 bits per heavy atom. The van der Waals surface area contributed by atoms with Crippen molar-refractivity contribution >= 4 is 15.8 Å². The molecule has 0 aromatic carbocycles. The average molecular weight is 148 g/mol. The number of hydrogen-bond acceptors (Lipinski definition) is 0. The standard InChI is InChI=1S/C6H14P2/c1-6(7(2)3)8(4)5/h1H2,2-5H3. The molecule has 0 heterocycles. The van der Waals surface area contributed by atoms with Crippen LogP contribution in [0.4, 0.5) is 0 Å². The molecule has 0 atom stereocenters. The second-order valence-corrected chi connectivity index (χ2v) is 7.22. The zero-order chi connectivity index (χ0) is 6.73. The van der Waals surface area contributed by atoms with Crippen molar-refractivity contribution in [2.45, 2.75) is 0 Å². The molecule has 0 radical (unpaired) electrons. The first-order chi connectivity index (χ1) is 3.55. The Kier molecular flexibility index (Phi) is 3.86. The van der Waals surface area contributed by atoms with Gasteiger partial charge in [-0.25, -0.2) is 0 Å². The van der Waals surface area contributed by atoms with Gasteiger partial charge in [-0.1, -0.05) is 22.4 Å². The first-order valence-corrected chi connectivity index (χ1v) is 7.06. The third-order valence-corrected chi connectivity index (χ3v) is 5.50. The van der Waals surface area contributed by atoms with Crippen LogP contribution in [0.15, 0.2) is 11.6 Å². The minimum Gasteiger partial charge on any atom is -0.0909 e. The largest absolute Gasteiger partial charge is 0.0909 e. The van der Waals surface area contributed by atoms with E-state index >= 15 is 0 Å². The maximum absolute atomic E-state index is 4.01. The highest BCUT2D eigenvalue weighted by molar-refractivity contribution is 7.80. The quantitative estimate of drug-likeness (QED) is 0.528. The molecule has 0 fully saturated rings. The summed E-state index contributed by atoms with van der Waals surface area (Å²) in [6, 6.07) is 0. The van der Waals surface area contributed by atoms with E-state index in [9.17, 15) is 0 Å². The molecule has 2 heteroatoms. The molecule has 0 N–H and O–H groups in total. The van der Waals surface area contributed by atoms with E-state index in [1.807, 2.05) is 0 Å². The van der Waals surface area contributed by atoms with Crippen LogP contribution in [-0.2, 0) is 0 Å². The Balaban J connectivity index is 3.65. The van der Waals surface area contributed by atoms with Gasteiger partial charge in [0.1, 0.15) is 0 Å². The van der Waals surface area contributed by atoms with Gasteiger partial charge >= 0.3 is 0 Å². The second kappa shape index (κ2) is 3.59. The minimum absolute atomic E-state index is 0.133. The van der Waals surface area contributed by atoms with Crippen LogP contribution in [0.25, 0.3) is 0 Å². The van der Waals surface area contributed by atoms with E-state index in [0.717, 1.165) is 0 Å². The molecule has 0 nitrogen and oxygen atoms in total. The van der Waals surface area contributed by atoms with Crippen LogP contribution in [0.5, 0.6) is 0 Å².